The lowest BCUT2D eigenvalue weighted by Crippen LogP contribution is -2.15. The maximum Gasteiger partial charge on any atom is 0.0542 e. The van der Waals surface area contributed by atoms with Crippen LogP contribution in [0, 0.1) is 0 Å². The molecule has 15 heavy (non-hydrogen) atoms. The Hall–Kier alpha value is -0.340. The van der Waals surface area contributed by atoms with Crippen molar-refractivity contribution in [1.29, 1.82) is 0 Å². The smallest absolute Gasteiger partial charge is 0.0542 e. The minimum atomic E-state index is 0.935. The Bertz CT molecular complexity index is 335. The van der Waals surface area contributed by atoms with E-state index in [-0.39, 0.29) is 0 Å². The molecule has 1 aromatic carbocycles. The van der Waals surface area contributed by atoms with Crippen molar-refractivity contribution in [2.45, 2.75) is 32.2 Å². The van der Waals surface area contributed by atoms with Gasteiger partial charge in [0.2, 0.25) is 0 Å². The summed E-state index contributed by atoms with van der Waals surface area (Å²) in [6.45, 7) is 1.04. The summed E-state index contributed by atoms with van der Waals surface area (Å²) >= 11 is 3.47. The second-order valence-corrected chi connectivity index (χ2v) is 4.95. The summed E-state index contributed by atoms with van der Waals surface area (Å²) in [4.78, 5) is 2.27. The summed E-state index contributed by atoms with van der Waals surface area (Å²) in [5, 5.41) is 0. The summed E-state index contributed by atoms with van der Waals surface area (Å²) in [6.07, 6.45) is 5.30. The van der Waals surface area contributed by atoms with Gasteiger partial charge < -0.3 is 0 Å². The van der Waals surface area contributed by atoms with E-state index in [2.05, 4.69) is 46.1 Å². The summed E-state index contributed by atoms with van der Waals surface area (Å²) in [5.41, 5.74) is 5.54. The number of alkyl halides is 1. The highest BCUT2D eigenvalue weighted by atomic mass is 79.9. The van der Waals surface area contributed by atoms with Gasteiger partial charge in [0.15, 0.2) is 0 Å². The fourth-order valence-corrected chi connectivity index (χ4v) is 2.42. The fourth-order valence-electron chi connectivity index (χ4n) is 2.24. The molecule has 0 heterocycles. The van der Waals surface area contributed by atoms with Crippen LogP contribution in [0.25, 0.3) is 0 Å². The molecule has 0 radical (unpaired) electrons. The first-order chi connectivity index (χ1) is 7.29. The maximum atomic E-state index is 3.47. The molecule has 1 aromatic rings. The molecule has 0 aromatic heterocycles. The molecular weight excluding hydrogens is 250 g/mol. The van der Waals surface area contributed by atoms with E-state index in [9.17, 15) is 0 Å². The highest BCUT2D eigenvalue weighted by Crippen LogP contribution is 2.22. The predicted octanol–water partition coefficient (Wildman–Crippen LogP) is 3.35. The van der Waals surface area contributed by atoms with E-state index in [1.807, 2.05) is 0 Å². The van der Waals surface area contributed by atoms with Crippen molar-refractivity contribution in [2.75, 3.05) is 12.5 Å². The van der Waals surface area contributed by atoms with Crippen LogP contribution in [0.1, 0.15) is 29.5 Å². The van der Waals surface area contributed by atoms with E-state index < -0.39 is 0 Å². The molecule has 2 heteroatoms. The van der Waals surface area contributed by atoms with Gasteiger partial charge in [-0.2, -0.15) is 0 Å². The Balaban J connectivity index is 2.13. The lowest BCUT2D eigenvalue weighted by atomic mass is 9.90. The van der Waals surface area contributed by atoms with Crippen LogP contribution in [-0.4, -0.2) is 17.4 Å². The van der Waals surface area contributed by atoms with E-state index >= 15 is 0 Å². The van der Waals surface area contributed by atoms with Crippen LogP contribution in [0.15, 0.2) is 18.2 Å². The SMILES string of the molecule is CN(CBr)Cc1ccc2c(c1)CCCC2. The zero-order valence-electron chi connectivity index (χ0n) is 9.30. The van der Waals surface area contributed by atoms with E-state index in [1.165, 1.54) is 31.2 Å². The number of aryl methyl sites for hydroxylation is 2. The normalized spacial score (nSPS) is 15.4. The zero-order chi connectivity index (χ0) is 10.7. The summed E-state index contributed by atoms with van der Waals surface area (Å²) < 4.78 is 0. The van der Waals surface area contributed by atoms with Crippen LogP contribution in [0.2, 0.25) is 0 Å². The van der Waals surface area contributed by atoms with Crippen molar-refractivity contribution in [3.8, 4) is 0 Å². The number of nitrogens with zero attached hydrogens (tertiary/aromatic N) is 1. The number of halogens is 1. The minimum absolute atomic E-state index is 0.935. The minimum Gasteiger partial charge on any atom is -0.292 e. The largest absolute Gasteiger partial charge is 0.292 e. The topological polar surface area (TPSA) is 3.24 Å². The van der Waals surface area contributed by atoms with E-state index in [0.717, 1.165) is 12.0 Å². The van der Waals surface area contributed by atoms with Crippen LogP contribution in [0.3, 0.4) is 0 Å². The average Bonchev–Trinajstić information content (AvgIpc) is 2.29. The highest BCUT2D eigenvalue weighted by Gasteiger charge is 2.09. The summed E-state index contributed by atoms with van der Waals surface area (Å²) in [6, 6.07) is 7.00. The Labute approximate surface area is 101 Å². The van der Waals surface area contributed by atoms with Gasteiger partial charge in [0.1, 0.15) is 0 Å². The average molecular weight is 268 g/mol. The van der Waals surface area contributed by atoms with Crippen LogP contribution in [0.5, 0.6) is 0 Å². The Morgan fingerprint density at radius 2 is 1.93 bits per heavy atom. The first-order valence-corrected chi connectivity index (χ1v) is 6.77. The molecule has 0 spiro atoms. The van der Waals surface area contributed by atoms with E-state index in [0.29, 0.717) is 0 Å². The lowest BCUT2D eigenvalue weighted by molar-refractivity contribution is 0.389. The first-order valence-electron chi connectivity index (χ1n) is 5.65. The van der Waals surface area contributed by atoms with Gasteiger partial charge in [-0.05, 0) is 49.4 Å². The molecule has 0 saturated heterocycles. The third kappa shape index (κ3) is 2.82. The lowest BCUT2D eigenvalue weighted by Gasteiger charge is -2.18. The van der Waals surface area contributed by atoms with Crippen molar-refractivity contribution < 1.29 is 0 Å². The molecule has 0 atom stereocenters. The van der Waals surface area contributed by atoms with Gasteiger partial charge in [-0.25, -0.2) is 0 Å². The summed E-state index contributed by atoms with van der Waals surface area (Å²) in [7, 11) is 2.13. The number of benzene rings is 1. The molecule has 0 fully saturated rings. The van der Waals surface area contributed by atoms with Gasteiger partial charge >= 0.3 is 0 Å². The molecule has 0 aliphatic heterocycles. The van der Waals surface area contributed by atoms with Gasteiger partial charge in [-0.1, -0.05) is 34.1 Å². The molecular formula is C13H18BrN. The van der Waals surface area contributed by atoms with E-state index in [1.54, 1.807) is 11.1 Å². The molecule has 1 aliphatic rings. The molecule has 1 nitrogen and oxygen atoms in total. The Morgan fingerprint density at radius 1 is 1.20 bits per heavy atom. The monoisotopic (exact) mass is 267 g/mol. The second kappa shape index (κ2) is 5.13. The second-order valence-electron chi connectivity index (χ2n) is 4.44. The molecule has 82 valence electrons. The van der Waals surface area contributed by atoms with Gasteiger partial charge in [-0.15, -0.1) is 0 Å². The third-order valence-electron chi connectivity index (χ3n) is 3.07. The third-order valence-corrected chi connectivity index (χ3v) is 3.93. The fraction of sp³-hybridized carbons (Fsp3) is 0.538. The number of hydrogen-bond donors (Lipinski definition) is 0. The molecule has 0 unspecified atom stereocenters. The maximum absolute atomic E-state index is 3.47. The van der Waals surface area contributed by atoms with Gasteiger partial charge in [0, 0.05) is 6.54 Å². The number of hydrogen-bond acceptors (Lipinski definition) is 1. The zero-order valence-corrected chi connectivity index (χ0v) is 10.9. The van der Waals surface area contributed by atoms with Crippen molar-refractivity contribution in [3.63, 3.8) is 0 Å². The van der Waals surface area contributed by atoms with Gasteiger partial charge in [0.05, 0.1) is 5.45 Å². The number of rotatable bonds is 3. The first kappa shape index (κ1) is 11.2. The summed E-state index contributed by atoms with van der Waals surface area (Å²) in [5.74, 6) is 0. The van der Waals surface area contributed by atoms with Crippen molar-refractivity contribution in [3.05, 3.63) is 34.9 Å². The molecule has 0 saturated carbocycles. The molecule has 0 N–H and O–H groups in total. The standard InChI is InChI=1S/C13H18BrN/c1-15(10-14)9-11-6-7-12-4-2-3-5-13(12)8-11/h6-8H,2-5,9-10H2,1H3. The van der Waals surface area contributed by atoms with Crippen LogP contribution in [0.4, 0.5) is 0 Å². The van der Waals surface area contributed by atoms with Crippen molar-refractivity contribution >= 4 is 15.9 Å². The molecule has 0 amide bonds. The Kier molecular flexibility index (Phi) is 3.81. The van der Waals surface area contributed by atoms with Crippen LogP contribution in [-0.2, 0) is 19.4 Å². The van der Waals surface area contributed by atoms with Crippen molar-refractivity contribution in [1.82, 2.24) is 4.90 Å². The molecule has 1 aliphatic carbocycles. The molecule has 2 rings (SSSR count). The molecule has 0 bridgehead atoms. The van der Waals surface area contributed by atoms with Crippen LogP contribution >= 0.6 is 15.9 Å². The van der Waals surface area contributed by atoms with Gasteiger partial charge in [-0.3, -0.25) is 4.90 Å². The van der Waals surface area contributed by atoms with Gasteiger partial charge in [0.25, 0.3) is 0 Å². The van der Waals surface area contributed by atoms with Crippen molar-refractivity contribution in [2.24, 2.45) is 0 Å². The Morgan fingerprint density at radius 3 is 2.67 bits per heavy atom. The quantitative estimate of drug-likeness (QED) is 0.600. The van der Waals surface area contributed by atoms with E-state index in [4.69, 9.17) is 0 Å². The number of fused-ring (bicyclic) bond motifs is 1. The highest BCUT2D eigenvalue weighted by molar-refractivity contribution is 9.09. The van der Waals surface area contributed by atoms with Crippen LogP contribution < -0.4 is 0 Å². The predicted molar refractivity (Wildman–Crippen MR) is 68.3 cm³/mol.